The Morgan fingerprint density at radius 2 is 2.00 bits per heavy atom. The van der Waals surface area contributed by atoms with Crippen LogP contribution in [-0.2, 0) is 4.79 Å². The highest BCUT2D eigenvalue weighted by atomic mass is 32.2. The Kier molecular flexibility index (Phi) is 4.41. The Balaban J connectivity index is 1.33. The summed E-state index contributed by atoms with van der Waals surface area (Å²) >= 11 is 3.11. The summed E-state index contributed by atoms with van der Waals surface area (Å²) in [5.41, 5.74) is 2.15. The highest BCUT2D eigenvalue weighted by Crippen LogP contribution is 2.47. The van der Waals surface area contributed by atoms with Crippen molar-refractivity contribution in [1.82, 2.24) is 20.2 Å². The lowest BCUT2D eigenvalue weighted by atomic mass is 9.89. The predicted octanol–water partition coefficient (Wildman–Crippen LogP) is 3.28. The van der Waals surface area contributed by atoms with E-state index in [0.29, 0.717) is 16.7 Å². The number of hydrogen-bond acceptors (Lipinski definition) is 7. The van der Waals surface area contributed by atoms with E-state index in [9.17, 15) is 4.79 Å². The molecular weight excluding hydrogens is 380 g/mol. The highest BCUT2D eigenvalue weighted by Gasteiger charge is 2.40. The summed E-state index contributed by atoms with van der Waals surface area (Å²) in [6.07, 6.45) is 4.43. The lowest BCUT2D eigenvalue weighted by molar-refractivity contribution is -0.118. The van der Waals surface area contributed by atoms with Crippen LogP contribution in [0.2, 0.25) is 0 Å². The molecular formula is C18H16N6OS2. The van der Waals surface area contributed by atoms with E-state index in [0.717, 1.165) is 30.0 Å². The molecule has 1 unspecified atom stereocenters. The number of carbonyl (C=O) groups excluding carboxylic acids is 1. The number of tetrazole rings is 1. The number of para-hydroxylation sites is 1. The molecule has 1 atom stereocenters. The van der Waals surface area contributed by atoms with Gasteiger partial charge in [-0.3, -0.25) is 4.79 Å². The maximum Gasteiger partial charge on any atom is 0.261 e. The number of amidine groups is 1. The summed E-state index contributed by atoms with van der Waals surface area (Å²) in [5.74, 6) is 0.720. The molecule has 1 amide bonds. The lowest BCUT2D eigenvalue weighted by Crippen LogP contribution is -2.26. The number of benzene rings is 1. The van der Waals surface area contributed by atoms with E-state index in [-0.39, 0.29) is 11.8 Å². The zero-order chi connectivity index (χ0) is 18.2. The topological polar surface area (TPSA) is 85.4 Å². The van der Waals surface area contributed by atoms with E-state index in [1.165, 1.54) is 28.7 Å². The number of aliphatic imine (C=N–C) groups is 2. The van der Waals surface area contributed by atoms with Crippen LogP contribution in [0.1, 0.15) is 25.7 Å². The van der Waals surface area contributed by atoms with Crippen LogP contribution in [0.3, 0.4) is 0 Å². The summed E-state index contributed by atoms with van der Waals surface area (Å²) in [4.78, 5) is 22.9. The number of fused-ring (bicyclic) bond motifs is 2. The Morgan fingerprint density at radius 3 is 2.89 bits per heavy atom. The Morgan fingerprint density at radius 1 is 1.15 bits per heavy atom. The van der Waals surface area contributed by atoms with Crippen LogP contribution in [0.15, 0.2) is 56.0 Å². The first-order chi connectivity index (χ1) is 13.3. The van der Waals surface area contributed by atoms with Crippen LogP contribution in [0, 0.1) is 5.92 Å². The Labute approximate surface area is 164 Å². The molecule has 0 N–H and O–H groups in total. The third-order valence-corrected chi connectivity index (χ3v) is 6.94. The highest BCUT2D eigenvalue weighted by molar-refractivity contribution is 8.17. The first kappa shape index (κ1) is 16.9. The normalized spacial score (nSPS) is 21.6. The zero-order valence-electron chi connectivity index (χ0n) is 14.4. The van der Waals surface area contributed by atoms with Gasteiger partial charge < -0.3 is 0 Å². The molecule has 9 heteroatoms. The molecule has 1 aromatic heterocycles. The van der Waals surface area contributed by atoms with Crippen molar-refractivity contribution in [3.8, 4) is 5.69 Å². The van der Waals surface area contributed by atoms with Gasteiger partial charge in [0.05, 0.1) is 16.5 Å². The predicted molar refractivity (Wildman–Crippen MR) is 106 cm³/mol. The number of carbonyl (C=O) groups is 1. The van der Waals surface area contributed by atoms with E-state index < -0.39 is 0 Å². The maximum atomic E-state index is 12.6. The van der Waals surface area contributed by atoms with E-state index in [2.05, 4.69) is 25.5 Å². The van der Waals surface area contributed by atoms with Gasteiger partial charge in [0.2, 0.25) is 5.16 Å². The molecule has 3 aliphatic rings. The van der Waals surface area contributed by atoms with Gasteiger partial charge in [-0.15, -0.1) is 5.10 Å². The van der Waals surface area contributed by atoms with Gasteiger partial charge in [-0.25, -0.2) is 4.99 Å². The maximum absolute atomic E-state index is 12.6. The van der Waals surface area contributed by atoms with Gasteiger partial charge in [0, 0.05) is 0 Å². The Hall–Kier alpha value is -2.26. The SMILES string of the molecule is O=C1N=C(CSc2nnnn2-c2ccccc2)N=C2SC3=C(CCCC3)C12. The van der Waals surface area contributed by atoms with E-state index in [1.807, 2.05) is 30.3 Å². The fourth-order valence-electron chi connectivity index (χ4n) is 3.54. The number of hydrogen-bond donors (Lipinski definition) is 0. The zero-order valence-corrected chi connectivity index (χ0v) is 16.0. The van der Waals surface area contributed by atoms with Crippen LogP contribution in [0.4, 0.5) is 0 Å². The summed E-state index contributed by atoms with van der Waals surface area (Å²) in [6, 6.07) is 9.71. The summed E-state index contributed by atoms with van der Waals surface area (Å²) < 4.78 is 1.68. The number of rotatable bonds is 4. The second-order valence-corrected chi connectivity index (χ2v) is 8.56. The van der Waals surface area contributed by atoms with Crippen LogP contribution >= 0.6 is 23.5 Å². The molecule has 3 heterocycles. The average molecular weight is 397 g/mol. The average Bonchev–Trinajstić information content (AvgIpc) is 3.31. The molecule has 0 radical (unpaired) electrons. The molecule has 2 aliphatic heterocycles. The summed E-state index contributed by atoms with van der Waals surface area (Å²) in [7, 11) is 0. The van der Waals surface area contributed by atoms with Crippen molar-refractivity contribution in [2.24, 2.45) is 15.9 Å². The minimum Gasteiger partial charge on any atom is -0.271 e. The number of thioether (sulfide) groups is 2. The number of nitrogens with zero attached hydrogens (tertiary/aromatic N) is 6. The number of allylic oxidation sites excluding steroid dienone is 1. The van der Waals surface area contributed by atoms with E-state index in [1.54, 1.807) is 16.4 Å². The van der Waals surface area contributed by atoms with Crippen LogP contribution < -0.4 is 0 Å². The van der Waals surface area contributed by atoms with Crippen LogP contribution in [0.5, 0.6) is 0 Å². The minimum absolute atomic E-state index is 0.0716. The molecule has 1 aromatic carbocycles. The van der Waals surface area contributed by atoms with Gasteiger partial charge in [-0.1, -0.05) is 41.7 Å². The van der Waals surface area contributed by atoms with Crippen LogP contribution in [0.25, 0.3) is 5.69 Å². The van der Waals surface area contributed by atoms with Gasteiger partial charge in [-0.2, -0.15) is 9.67 Å². The molecule has 1 aliphatic carbocycles. The van der Waals surface area contributed by atoms with Crippen molar-refractivity contribution >= 4 is 40.3 Å². The lowest BCUT2D eigenvalue weighted by Gasteiger charge is -2.18. The first-order valence-corrected chi connectivity index (χ1v) is 10.7. The van der Waals surface area contributed by atoms with Crippen molar-refractivity contribution in [3.05, 3.63) is 40.8 Å². The third kappa shape index (κ3) is 3.14. The van der Waals surface area contributed by atoms with Gasteiger partial charge >= 0.3 is 0 Å². The molecule has 0 bridgehead atoms. The Bertz CT molecular complexity index is 994. The number of aromatic nitrogens is 4. The molecule has 0 saturated heterocycles. The second kappa shape index (κ2) is 7.05. The second-order valence-electron chi connectivity index (χ2n) is 6.50. The molecule has 27 heavy (non-hydrogen) atoms. The monoisotopic (exact) mass is 396 g/mol. The van der Waals surface area contributed by atoms with Crippen LogP contribution in [-0.4, -0.2) is 42.7 Å². The molecule has 0 spiro atoms. The summed E-state index contributed by atoms with van der Waals surface area (Å²) in [6.45, 7) is 0. The van der Waals surface area contributed by atoms with E-state index >= 15 is 0 Å². The van der Waals surface area contributed by atoms with Crippen molar-refractivity contribution in [2.45, 2.75) is 30.8 Å². The molecule has 7 nitrogen and oxygen atoms in total. The van der Waals surface area contributed by atoms with Crippen molar-refractivity contribution in [3.63, 3.8) is 0 Å². The molecule has 0 fully saturated rings. The first-order valence-electron chi connectivity index (χ1n) is 8.86. The quantitative estimate of drug-likeness (QED) is 0.737. The van der Waals surface area contributed by atoms with Gasteiger partial charge in [-0.05, 0) is 58.7 Å². The van der Waals surface area contributed by atoms with Gasteiger partial charge in [0.15, 0.2) is 0 Å². The van der Waals surface area contributed by atoms with E-state index in [4.69, 9.17) is 0 Å². The largest absolute Gasteiger partial charge is 0.271 e. The fraction of sp³-hybridized carbons (Fsp3) is 0.333. The van der Waals surface area contributed by atoms with Gasteiger partial charge in [0.25, 0.3) is 5.91 Å². The number of amides is 1. The fourth-order valence-corrected chi connectivity index (χ4v) is 5.64. The van der Waals surface area contributed by atoms with Crippen molar-refractivity contribution in [2.75, 3.05) is 5.75 Å². The van der Waals surface area contributed by atoms with Crippen molar-refractivity contribution in [1.29, 1.82) is 0 Å². The molecule has 0 saturated carbocycles. The smallest absolute Gasteiger partial charge is 0.261 e. The van der Waals surface area contributed by atoms with Gasteiger partial charge in [0.1, 0.15) is 11.8 Å². The molecule has 5 rings (SSSR count). The molecule has 136 valence electrons. The third-order valence-electron chi connectivity index (χ3n) is 4.78. The van der Waals surface area contributed by atoms with Crippen molar-refractivity contribution < 1.29 is 4.79 Å². The minimum atomic E-state index is -0.214. The molecule has 2 aromatic rings. The standard InChI is InChI=1S/C18H16N6OS2/c25-16-15-12-8-4-5-9-13(12)27-17(15)20-14(19-16)10-26-18-21-22-23-24(18)11-6-2-1-3-7-11/h1-3,6-7,15H,4-5,8-10H2. The summed E-state index contributed by atoms with van der Waals surface area (Å²) in [5, 5.41) is 13.5.